The summed E-state index contributed by atoms with van der Waals surface area (Å²) in [5.74, 6) is -3.79. The van der Waals surface area contributed by atoms with Crippen molar-refractivity contribution in [1.29, 1.82) is 0 Å². The zero-order valence-electron chi connectivity index (χ0n) is 14.4. The molecular formula is C15H27N3O7. The number of unbranched alkanes of at least 4 members (excludes halogenated alkanes) is 1. The Kier molecular flexibility index (Phi) is 10.9. The molecular weight excluding hydrogens is 334 g/mol. The second-order valence-corrected chi connectivity index (χ2v) is 5.94. The Morgan fingerprint density at radius 1 is 0.840 bits per heavy atom. The topological polar surface area (TPSA) is 165 Å². The molecule has 0 bridgehead atoms. The quantitative estimate of drug-likeness (QED) is 0.254. The minimum absolute atomic E-state index is 0.204. The maximum atomic E-state index is 11.8. The minimum Gasteiger partial charge on any atom is -0.481 e. The van der Waals surface area contributed by atoms with E-state index in [-0.39, 0.29) is 12.8 Å². The predicted octanol–water partition coefficient (Wildman–Crippen LogP) is 0.225. The number of hydrogen-bond donors (Lipinski definition) is 6. The van der Waals surface area contributed by atoms with E-state index in [4.69, 9.17) is 15.3 Å². The van der Waals surface area contributed by atoms with Gasteiger partial charge in [-0.25, -0.2) is 14.4 Å². The number of nitrogens with one attached hydrogen (secondary N) is 3. The van der Waals surface area contributed by atoms with E-state index in [1.807, 2.05) is 13.8 Å². The van der Waals surface area contributed by atoms with E-state index in [9.17, 15) is 19.2 Å². The van der Waals surface area contributed by atoms with Crippen LogP contribution >= 0.6 is 0 Å². The van der Waals surface area contributed by atoms with E-state index in [0.717, 1.165) is 13.0 Å². The van der Waals surface area contributed by atoms with Crippen molar-refractivity contribution in [1.82, 2.24) is 16.0 Å². The molecule has 0 aromatic carbocycles. The second-order valence-electron chi connectivity index (χ2n) is 5.94. The molecule has 6 N–H and O–H groups in total. The fraction of sp³-hybridized carbons (Fsp3) is 0.733. The van der Waals surface area contributed by atoms with E-state index < -0.39 is 42.4 Å². The normalized spacial score (nSPS) is 13.1. The average Bonchev–Trinajstić information content (AvgIpc) is 2.48. The molecule has 0 aromatic rings. The molecule has 10 heteroatoms. The van der Waals surface area contributed by atoms with Gasteiger partial charge in [-0.1, -0.05) is 13.8 Å². The highest BCUT2D eigenvalue weighted by atomic mass is 16.4. The highest BCUT2D eigenvalue weighted by molar-refractivity contribution is 5.86. The van der Waals surface area contributed by atoms with E-state index in [1.54, 1.807) is 0 Å². The van der Waals surface area contributed by atoms with Gasteiger partial charge in [0.05, 0.1) is 0 Å². The summed E-state index contributed by atoms with van der Waals surface area (Å²) >= 11 is 0. The lowest BCUT2D eigenvalue weighted by atomic mass is 10.1. The van der Waals surface area contributed by atoms with Crippen molar-refractivity contribution in [3.8, 4) is 0 Å². The third kappa shape index (κ3) is 11.8. The third-order valence-corrected chi connectivity index (χ3v) is 3.33. The molecule has 0 aliphatic rings. The van der Waals surface area contributed by atoms with Crippen LogP contribution in [0.2, 0.25) is 0 Å². The Hall–Kier alpha value is -2.36. The molecule has 0 fully saturated rings. The van der Waals surface area contributed by atoms with Crippen LogP contribution in [0.25, 0.3) is 0 Å². The van der Waals surface area contributed by atoms with Crippen LogP contribution in [0.3, 0.4) is 0 Å². The lowest BCUT2D eigenvalue weighted by molar-refractivity contribution is -0.140. The van der Waals surface area contributed by atoms with Gasteiger partial charge in [0, 0.05) is 12.5 Å². The van der Waals surface area contributed by atoms with E-state index in [0.29, 0.717) is 12.5 Å². The van der Waals surface area contributed by atoms with E-state index in [1.165, 1.54) is 0 Å². The first kappa shape index (κ1) is 22.6. The van der Waals surface area contributed by atoms with Gasteiger partial charge in [0.25, 0.3) is 0 Å². The number of carboxylic acids is 3. The smallest absolute Gasteiger partial charge is 0.326 e. The van der Waals surface area contributed by atoms with Crippen LogP contribution in [0.5, 0.6) is 0 Å². The van der Waals surface area contributed by atoms with Crippen LogP contribution in [0.15, 0.2) is 0 Å². The predicted molar refractivity (Wildman–Crippen MR) is 88.4 cm³/mol. The second kappa shape index (κ2) is 12.1. The number of rotatable bonds is 13. The van der Waals surface area contributed by atoms with Gasteiger partial charge >= 0.3 is 23.9 Å². The Morgan fingerprint density at radius 2 is 1.36 bits per heavy atom. The summed E-state index contributed by atoms with van der Waals surface area (Å²) in [5, 5.41) is 34.2. The summed E-state index contributed by atoms with van der Waals surface area (Å²) in [6, 6.07) is -3.17. The van der Waals surface area contributed by atoms with Crippen molar-refractivity contribution in [3.05, 3.63) is 0 Å². The molecule has 144 valence electrons. The van der Waals surface area contributed by atoms with Crippen LogP contribution in [-0.4, -0.2) is 63.9 Å². The lowest BCUT2D eigenvalue weighted by Crippen LogP contribution is -2.51. The molecule has 0 aromatic heterocycles. The van der Waals surface area contributed by atoms with Crippen LogP contribution in [-0.2, 0) is 14.4 Å². The average molecular weight is 361 g/mol. The number of amides is 2. The lowest BCUT2D eigenvalue weighted by Gasteiger charge is -2.18. The van der Waals surface area contributed by atoms with Gasteiger partial charge in [0.1, 0.15) is 12.1 Å². The number of aliphatic carboxylic acids is 3. The number of carbonyl (C=O) groups excluding carboxylic acids is 1. The number of carbonyl (C=O) groups is 4. The molecule has 2 atom stereocenters. The summed E-state index contributed by atoms with van der Waals surface area (Å²) in [5.41, 5.74) is 0. The van der Waals surface area contributed by atoms with Crippen LogP contribution in [0.4, 0.5) is 4.79 Å². The fourth-order valence-electron chi connectivity index (χ4n) is 2.00. The summed E-state index contributed by atoms with van der Waals surface area (Å²) in [6.45, 7) is 4.72. The Morgan fingerprint density at radius 3 is 1.80 bits per heavy atom. The van der Waals surface area contributed by atoms with Gasteiger partial charge in [-0.15, -0.1) is 0 Å². The number of hydrogen-bond acceptors (Lipinski definition) is 5. The van der Waals surface area contributed by atoms with Gasteiger partial charge in [0.15, 0.2) is 0 Å². The minimum atomic E-state index is -1.40. The van der Waals surface area contributed by atoms with Crippen LogP contribution in [0.1, 0.15) is 46.0 Å². The van der Waals surface area contributed by atoms with Crippen molar-refractivity contribution in [2.75, 3.05) is 6.54 Å². The summed E-state index contributed by atoms with van der Waals surface area (Å²) in [7, 11) is 0. The molecule has 0 aliphatic heterocycles. The van der Waals surface area contributed by atoms with Crippen LogP contribution in [0, 0.1) is 0 Å². The first-order chi connectivity index (χ1) is 11.6. The maximum Gasteiger partial charge on any atom is 0.326 e. The van der Waals surface area contributed by atoms with Crippen molar-refractivity contribution >= 4 is 23.9 Å². The van der Waals surface area contributed by atoms with E-state index in [2.05, 4.69) is 16.0 Å². The molecule has 0 unspecified atom stereocenters. The standard InChI is InChI=1S/C15H27N3O7/c1-9(2)16-8-4-3-5-10(13(21)22)17-15(25)18-11(14(23)24)6-7-12(19)20/h9-11,16H,3-8H2,1-2H3,(H,19,20)(H,21,22)(H,23,24)(H2,17,18,25)/t10-,11-/m1/s1. The third-order valence-electron chi connectivity index (χ3n) is 3.33. The van der Waals surface area contributed by atoms with Gasteiger partial charge < -0.3 is 31.3 Å². The molecule has 0 saturated carbocycles. The monoisotopic (exact) mass is 361 g/mol. The fourth-order valence-corrected chi connectivity index (χ4v) is 2.00. The van der Waals surface area contributed by atoms with Gasteiger partial charge in [-0.3, -0.25) is 4.79 Å². The summed E-state index contributed by atoms with van der Waals surface area (Å²) in [4.78, 5) is 44.5. The van der Waals surface area contributed by atoms with Gasteiger partial charge in [0.2, 0.25) is 0 Å². The highest BCUT2D eigenvalue weighted by Crippen LogP contribution is 2.03. The molecule has 0 saturated heterocycles. The first-order valence-electron chi connectivity index (χ1n) is 8.11. The Bertz CT molecular complexity index is 468. The molecule has 0 aliphatic carbocycles. The van der Waals surface area contributed by atoms with E-state index >= 15 is 0 Å². The largest absolute Gasteiger partial charge is 0.481 e. The summed E-state index contributed by atoms with van der Waals surface area (Å²) < 4.78 is 0. The molecule has 25 heavy (non-hydrogen) atoms. The number of carboxylic acid groups (broad SMARTS) is 3. The Labute approximate surface area is 146 Å². The molecule has 0 heterocycles. The molecule has 2 amide bonds. The Balaban J connectivity index is 4.39. The summed E-state index contributed by atoms with van der Waals surface area (Å²) in [6.07, 6.45) is 0.786. The highest BCUT2D eigenvalue weighted by Gasteiger charge is 2.24. The first-order valence-corrected chi connectivity index (χ1v) is 8.11. The SMILES string of the molecule is CC(C)NCCCC[C@@H](NC(=O)N[C@H](CCC(=O)O)C(=O)O)C(=O)O. The van der Waals surface area contributed by atoms with Crippen molar-refractivity contribution in [3.63, 3.8) is 0 Å². The van der Waals surface area contributed by atoms with Gasteiger partial charge in [-0.2, -0.15) is 0 Å². The maximum absolute atomic E-state index is 11.8. The van der Waals surface area contributed by atoms with Gasteiger partial charge in [-0.05, 0) is 32.2 Å². The van der Waals surface area contributed by atoms with Crippen molar-refractivity contribution in [2.24, 2.45) is 0 Å². The molecule has 0 radical (unpaired) electrons. The molecule has 10 nitrogen and oxygen atoms in total. The molecule has 0 rings (SSSR count). The number of urea groups is 1. The van der Waals surface area contributed by atoms with Crippen LogP contribution < -0.4 is 16.0 Å². The van der Waals surface area contributed by atoms with Crippen molar-refractivity contribution in [2.45, 2.75) is 64.1 Å². The zero-order valence-corrected chi connectivity index (χ0v) is 14.4. The van der Waals surface area contributed by atoms with Crippen molar-refractivity contribution < 1.29 is 34.5 Å². The molecule has 0 spiro atoms. The zero-order chi connectivity index (χ0) is 19.4.